The Hall–Kier alpha value is -1.82. The van der Waals surface area contributed by atoms with E-state index >= 15 is 0 Å². The van der Waals surface area contributed by atoms with E-state index in [2.05, 4.69) is 41.0 Å². The Morgan fingerprint density at radius 1 is 1.57 bits per heavy atom. The minimum Gasteiger partial charge on any atom is -0.337 e. The van der Waals surface area contributed by atoms with Gasteiger partial charge in [0.2, 0.25) is 0 Å². The van der Waals surface area contributed by atoms with E-state index in [4.69, 9.17) is 0 Å². The quantitative estimate of drug-likeness (QED) is 0.915. The summed E-state index contributed by atoms with van der Waals surface area (Å²) < 4.78 is 1.83. The van der Waals surface area contributed by atoms with Crippen molar-refractivity contribution in [2.45, 2.75) is 25.7 Å². The maximum absolute atomic E-state index is 12.3. The third-order valence-corrected chi connectivity index (χ3v) is 5.55. The summed E-state index contributed by atoms with van der Waals surface area (Å²) >= 11 is 1.75. The number of nitrogens with zero attached hydrogens (tertiary/aromatic N) is 3. The SMILES string of the molecule is C[C@H](CNC(=O)N1CC[C@@H](Cc2cnn(C)c2)C1)c1cccs1. The van der Waals surface area contributed by atoms with Gasteiger partial charge < -0.3 is 10.2 Å². The van der Waals surface area contributed by atoms with Crippen molar-refractivity contribution in [3.05, 3.63) is 40.3 Å². The molecule has 2 atom stereocenters. The summed E-state index contributed by atoms with van der Waals surface area (Å²) in [5.41, 5.74) is 1.26. The van der Waals surface area contributed by atoms with Gasteiger partial charge in [-0.2, -0.15) is 5.10 Å². The van der Waals surface area contributed by atoms with E-state index in [1.165, 1.54) is 10.4 Å². The van der Waals surface area contributed by atoms with Crippen LogP contribution in [-0.2, 0) is 13.5 Å². The van der Waals surface area contributed by atoms with Gasteiger partial charge >= 0.3 is 6.03 Å². The van der Waals surface area contributed by atoms with Crippen molar-refractivity contribution in [2.75, 3.05) is 19.6 Å². The van der Waals surface area contributed by atoms with Gasteiger partial charge in [0.25, 0.3) is 0 Å². The second-order valence-corrected chi connectivity index (χ2v) is 7.41. The molecule has 124 valence electrons. The van der Waals surface area contributed by atoms with E-state index in [0.29, 0.717) is 18.4 Å². The van der Waals surface area contributed by atoms with E-state index in [1.807, 2.05) is 22.8 Å². The minimum absolute atomic E-state index is 0.0714. The molecule has 0 aromatic carbocycles. The predicted octanol–water partition coefficient (Wildman–Crippen LogP) is 2.86. The van der Waals surface area contributed by atoms with Crippen LogP contribution in [0.2, 0.25) is 0 Å². The second kappa shape index (κ2) is 7.17. The summed E-state index contributed by atoms with van der Waals surface area (Å²) in [6, 6.07) is 4.26. The van der Waals surface area contributed by atoms with Crippen LogP contribution >= 0.6 is 11.3 Å². The Morgan fingerprint density at radius 2 is 2.43 bits per heavy atom. The summed E-state index contributed by atoms with van der Waals surface area (Å²) in [6.45, 7) is 4.54. The first-order valence-corrected chi connectivity index (χ1v) is 9.03. The molecule has 1 N–H and O–H groups in total. The molecule has 6 heteroatoms. The standard InChI is InChI=1S/C17H24N4OS/c1-13(16-4-3-7-23-16)9-18-17(22)21-6-5-14(12-21)8-15-10-19-20(2)11-15/h3-4,7,10-11,13-14H,5-6,8-9,12H2,1-2H3,(H,18,22)/t13-,14+/m1/s1. The highest BCUT2D eigenvalue weighted by atomic mass is 32.1. The molecule has 1 aliphatic rings. The van der Waals surface area contributed by atoms with Gasteiger partial charge in [-0.3, -0.25) is 4.68 Å². The normalized spacial score (nSPS) is 19.0. The summed E-state index contributed by atoms with van der Waals surface area (Å²) in [5.74, 6) is 0.910. The maximum atomic E-state index is 12.3. The van der Waals surface area contributed by atoms with E-state index < -0.39 is 0 Å². The molecular formula is C17H24N4OS. The van der Waals surface area contributed by atoms with Crippen molar-refractivity contribution in [2.24, 2.45) is 13.0 Å². The minimum atomic E-state index is 0.0714. The zero-order valence-corrected chi connectivity index (χ0v) is 14.6. The van der Waals surface area contributed by atoms with Crippen LogP contribution in [0.15, 0.2) is 29.9 Å². The average molecular weight is 332 g/mol. The van der Waals surface area contributed by atoms with Crippen molar-refractivity contribution in [1.82, 2.24) is 20.0 Å². The highest BCUT2D eigenvalue weighted by molar-refractivity contribution is 7.10. The van der Waals surface area contributed by atoms with E-state index in [9.17, 15) is 4.79 Å². The lowest BCUT2D eigenvalue weighted by atomic mass is 10.0. The summed E-state index contributed by atoms with van der Waals surface area (Å²) in [5, 5.41) is 9.37. The Bertz CT molecular complexity index is 637. The predicted molar refractivity (Wildman–Crippen MR) is 92.7 cm³/mol. The fraction of sp³-hybridized carbons (Fsp3) is 0.529. The van der Waals surface area contributed by atoms with Gasteiger partial charge in [0.05, 0.1) is 6.20 Å². The fourth-order valence-electron chi connectivity index (χ4n) is 3.12. The van der Waals surface area contributed by atoms with Gasteiger partial charge in [-0.15, -0.1) is 11.3 Å². The Kier molecular flexibility index (Phi) is 5.00. The smallest absolute Gasteiger partial charge is 0.317 e. The fourth-order valence-corrected chi connectivity index (χ4v) is 3.91. The van der Waals surface area contributed by atoms with Crippen molar-refractivity contribution in [1.29, 1.82) is 0 Å². The number of nitrogens with one attached hydrogen (secondary N) is 1. The molecule has 0 aliphatic carbocycles. The molecule has 3 rings (SSSR count). The molecule has 0 unspecified atom stereocenters. The summed E-state index contributed by atoms with van der Waals surface area (Å²) in [7, 11) is 1.94. The summed E-state index contributed by atoms with van der Waals surface area (Å²) in [4.78, 5) is 15.6. The van der Waals surface area contributed by atoms with Gasteiger partial charge in [0.1, 0.15) is 0 Å². The zero-order valence-electron chi connectivity index (χ0n) is 13.7. The summed E-state index contributed by atoms with van der Waals surface area (Å²) in [6.07, 6.45) is 6.06. The van der Waals surface area contributed by atoms with E-state index in [0.717, 1.165) is 25.9 Å². The lowest BCUT2D eigenvalue weighted by Crippen LogP contribution is -2.40. The van der Waals surface area contributed by atoms with Crippen LogP contribution in [0, 0.1) is 5.92 Å². The number of likely N-dealkylation sites (tertiary alicyclic amines) is 1. The second-order valence-electron chi connectivity index (χ2n) is 6.43. The molecule has 2 aromatic rings. The Labute approximate surface area is 141 Å². The zero-order chi connectivity index (χ0) is 16.2. The third-order valence-electron chi connectivity index (χ3n) is 4.44. The molecule has 2 amide bonds. The van der Waals surface area contributed by atoms with Crippen molar-refractivity contribution in [3.8, 4) is 0 Å². The maximum Gasteiger partial charge on any atom is 0.317 e. The first-order valence-electron chi connectivity index (χ1n) is 8.15. The Morgan fingerprint density at radius 3 is 3.13 bits per heavy atom. The van der Waals surface area contributed by atoms with Crippen LogP contribution in [0.5, 0.6) is 0 Å². The molecule has 1 saturated heterocycles. The number of urea groups is 1. The van der Waals surface area contributed by atoms with E-state index in [1.54, 1.807) is 11.3 Å². The number of hydrogen-bond donors (Lipinski definition) is 1. The topological polar surface area (TPSA) is 50.2 Å². The Balaban J connectivity index is 1.44. The molecule has 0 saturated carbocycles. The van der Waals surface area contributed by atoms with Crippen molar-refractivity contribution >= 4 is 17.4 Å². The van der Waals surface area contributed by atoms with Gasteiger partial charge in [-0.05, 0) is 35.8 Å². The van der Waals surface area contributed by atoms with Crippen LogP contribution in [-0.4, -0.2) is 40.3 Å². The number of aryl methyl sites for hydroxylation is 1. The largest absolute Gasteiger partial charge is 0.337 e. The molecule has 0 bridgehead atoms. The van der Waals surface area contributed by atoms with Crippen molar-refractivity contribution < 1.29 is 4.79 Å². The van der Waals surface area contributed by atoms with Gasteiger partial charge in [-0.25, -0.2) is 4.79 Å². The molecule has 0 radical (unpaired) electrons. The molecule has 3 heterocycles. The molecule has 1 fully saturated rings. The molecule has 5 nitrogen and oxygen atoms in total. The van der Waals surface area contributed by atoms with E-state index in [-0.39, 0.29) is 6.03 Å². The van der Waals surface area contributed by atoms with Crippen LogP contribution in [0.25, 0.3) is 0 Å². The number of hydrogen-bond acceptors (Lipinski definition) is 3. The van der Waals surface area contributed by atoms with Crippen LogP contribution in [0.3, 0.4) is 0 Å². The highest BCUT2D eigenvalue weighted by Gasteiger charge is 2.26. The van der Waals surface area contributed by atoms with Gasteiger partial charge in [-0.1, -0.05) is 13.0 Å². The number of carbonyl (C=O) groups excluding carboxylic acids is 1. The monoisotopic (exact) mass is 332 g/mol. The lowest BCUT2D eigenvalue weighted by molar-refractivity contribution is 0.206. The highest BCUT2D eigenvalue weighted by Crippen LogP contribution is 2.22. The number of rotatable bonds is 5. The number of thiophene rings is 1. The average Bonchev–Trinajstić information content (AvgIpc) is 3.26. The van der Waals surface area contributed by atoms with Gasteiger partial charge in [0.15, 0.2) is 0 Å². The molecule has 2 aromatic heterocycles. The molecule has 23 heavy (non-hydrogen) atoms. The number of amides is 2. The number of carbonyl (C=O) groups is 1. The van der Waals surface area contributed by atoms with Crippen LogP contribution < -0.4 is 5.32 Å². The van der Waals surface area contributed by atoms with Gasteiger partial charge in [0, 0.05) is 43.7 Å². The first kappa shape index (κ1) is 16.1. The number of aromatic nitrogens is 2. The third kappa shape index (κ3) is 4.13. The first-order chi connectivity index (χ1) is 11.1. The van der Waals surface area contributed by atoms with Crippen LogP contribution in [0.1, 0.15) is 29.7 Å². The lowest BCUT2D eigenvalue weighted by Gasteiger charge is -2.19. The molecule has 1 aliphatic heterocycles. The molecule has 0 spiro atoms. The van der Waals surface area contributed by atoms with Crippen molar-refractivity contribution in [3.63, 3.8) is 0 Å². The van der Waals surface area contributed by atoms with Crippen LogP contribution in [0.4, 0.5) is 4.79 Å². The molecular weight excluding hydrogens is 308 g/mol.